The number of carbonyl (C=O) groups is 2. The second kappa shape index (κ2) is 9.64. The normalized spacial score (nSPS) is 13.5. The summed E-state index contributed by atoms with van der Waals surface area (Å²) in [6.45, 7) is 6.34. The molecule has 1 aliphatic carbocycles. The van der Waals surface area contributed by atoms with Gasteiger partial charge in [0.25, 0.3) is 5.91 Å². The van der Waals surface area contributed by atoms with Crippen LogP contribution in [0.25, 0.3) is 5.69 Å². The number of rotatable bonds is 6. The first-order chi connectivity index (χ1) is 14.2. The number of carbonyl (C=O) groups excluding carboxylic acids is 2. The first-order valence-electron chi connectivity index (χ1n) is 10.4. The molecule has 3 rings (SSSR count). The fourth-order valence-corrected chi connectivity index (χ4v) is 3.87. The molecule has 8 heteroatoms. The summed E-state index contributed by atoms with van der Waals surface area (Å²) in [6, 6.07) is 7.94. The van der Waals surface area contributed by atoms with Gasteiger partial charge in [-0.05, 0) is 71.1 Å². The minimum atomic E-state index is -0.523. The highest BCUT2D eigenvalue weighted by Crippen LogP contribution is 2.27. The van der Waals surface area contributed by atoms with Crippen LogP contribution in [-0.4, -0.2) is 40.5 Å². The maximum absolute atomic E-state index is 12.8. The molecule has 1 heterocycles. The van der Waals surface area contributed by atoms with E-state index >= 15 is 0 Å². The number of hydrogen-bond donors (Lipinski definition) is 2. The summed E-state index contributed by atoms with van der Waals surface area (Å²) in [4.78, 5) is 24.5. The molecular weight excluding hydrogens is 448 g/mol. The van der Waals surface area contributed by atoms with Crippen molar-refractivity contribution in [3.8, 4) is 5.69 Å². The summed E-state index contributed by atoms with van der Waals surface area (Å²) in [7, 11) is 0. The van der Waals surface area contributed by atoms with Gasteiger partial charge in [-0.15, -0.1) is 0 Å². The molecule has 1 aromatic carbocycles. The van der Waals surface area contributed by atoms with E-state index in [0.717, 1.165) is 47.1 Å². The van der Waals surface area contributed by atoms with Crippen LogP contribution in [0.5, 0.6) is 0 Å². The smallest absolute Gasteiger partial charge is 0.407 e. The van der Waals surface area contributed by atoms with E-state index in [1.807, 2.05) is 49.7 Å². The number of halogens is 1. The van der Waals surface area contributed by atoms with E-state index in [1.54, 1.807) is 0 Å². The molecule has 1 aromatic heterocycles. The molecule has 0 atom stereocenters. The Morgan fingerprint density at radius 3 is 2.63 bits per heavy atom. The second-order valence-corrected chi connectivity index (χ2v) is 9.33. The molecule has 0 saturated heterocycles. The van der Waals surface area contributed by atoms with Crippen LogP contribution >= 0.6 is 15.9 Å². The average molecular weight is 477 g/mol. The lowest BCUT2D eigenvalue weighted by Gasteiger charge is -2.19. The highest BCUT2D eigenvalue weighted by atomic mass is 79.9. The van der Waals surface area contributed by atoms with E-state index in [4.69, 9.17) is 4.74 Å². The number of nitrogens with one attached hydrogen (secondary N) is 2. The van der Waals surface area contributed by atoms with E-state index in [9.17, 15) is 9.59 Å². The molecule has 0 fully saturated rings. The van der Waals surface area contributed by atoms with Crippen LogP contribution in [0.1, 0.15) is 61.8 Å². The summed E-state index contributed by atoms with van der Waals surface area (Å²) >= 11 is 3.51. The highest BCUT2D eigenvalue weighted by Gasteiger charge is 2.25. The fraction of sp³-hybridized carbons (Fsp3) is 0.500. The highest BCUT2D eigenvalue weighted by molar-refractivity contribution is 9.10. The molecule has 30 heavy (non-hydrogen) atoms. The van der Waals surface area contributed by atoms with Crippen LogP contribution in [0.3, 0.4) is 0 Å². The lowest BCUT2D eigenvalue weighted by atomic mass is 9.95. The Morgan fingerprint density at radius 2 is 1.90 bits per heavy atom. The number of benzene rings is 1. The van der Waals surface area contributed by atoms with E-state index in [1.165, 1.54) is 0 Å². The third kappa shape index (κ3) is 5.84. The summed E-state index contributed by atoms with van der Waals surface area (Å²) in [6.07, 6.45) is 4.12. The van der Waals surface area contributed by atoms with Gasteiger partial charge in [0, 0.05) is 28.8 Å². The van der Waals surface area contributed by atoms with Gasteiger partial charge in [-0.25, -0.2) is 9.48 Å². The maximum Gasteiger partial charge on any atom is 0.407 e. The molecule has 162 valence electrons. The van der Waals surface area contributed by atoms with Crippen LogP contribution in [0.15, 0.2) is 28.7 Å². The predicted molar refractivity (Wildman–Crippen MR) is 119 cm³/mol. The standard InChI is InChI=1S/C22H29BrN4O3/c1-22(2,3)30-21(29)25-13-7-12-24-20(28)19-17-10-4-5-11-18(17)27(26-19)16-9-6-8-15(23)14-16/h6,8-9,14H,4-5,7,10-13H2,1-3H3,(H,24,28)(H,25,29). The number of nitrogens with zero attached hydrogens (tertiary/aromatic N) is 2. The Labute approximate surface area is 185 Å². The van der Waals surface area contributed by atoms with Gasteiger partial charge in [0.2, 0.25) is 0 Å². The Morgan fingerprint density at radius 1 is 1.17 bits per heavy atom. The van der Waals surface area contributed by atoms with Gasteiger partial charge in [-0.1, -0.05) is 22.0 Å². The van der Waals surface area contributed by atoms with E-state index in [2.05, 4.69) is 31.7 Å². The van der Waals surface area contributed by atoms with Gasteiger partial charge in [0.1, 0.15) is 5.60 Å². The molecule has 0 radical (unpaired) electrons. The topological polar surface area (TPSA) is 85.2 Å². The first-order valence-corrected chi connectivity index (χ1v) is 11.2. The number of hydrogen-bond acceptors (Lipinski definition) is 4. The lowest BCUT2D eigenvalue weighted by Crippen LogP contribution is -2.34. The lowest BCUT2D eigenvalue weighted by molar-refractivity contribution is 0.0527. The van der Waals surface area contributed by atoms with Gasteiger partial charge in [0.15, 0.2) is 5.69 Å². The molecule has 0 saturated carbocycles. The van der Waals surface area contributed by atoms with E-state index < -0.39 is 11.7 Å². The van der Waals surface area contributed by atoms with Gasteiger partial charge in [-0.2, -0.15) is 5.10 Å². The van der Waals surface area contributed by atoms with Crippen molar-refractivity contribution in [2.24, 2.45) is 0 Å². The number of amides is 2. The van der Waals surface area contributed by atoms with Crippen LogP contribution in [0.4, 0.5) is 4.79 Å². The van der Waals surface area contributed by atoms with E-state index in [-0.39, 0.29) is 5.91 Å². The van der Waals surface area contributed by atoms with Crippen molar-refractivity contribution in [2.75, 3.05) is 13.1 Å². The zero-order chi connectivity index (χ0) is 21.7. The zero-order valence-electron chi connectivity index (χ0n) is 17.8. The Balaban J connectivity index is 1.60. The van der Waals surface area contributed by atoms with Crippen LogP contribution in [0, 0.1) is 0 Å². The summed E-state index contributed by atoms with van der Waals surface area (Å²) in [5.41, 5.74) is 3.10. The summed E-state index contributed by atoms with van der Waals surface area (Å²) < 4.78 is 8.07. The van der Waals surface area contributed by atoms with Crippen molar-refractivity contribution in [3.05, 3.63) is 45.7 Å². The van der Waals surface area contributed by atoms with Crippen molar-refractivity contribution >= 4 is 27.9 Å². The summed E-state index contributed by atoms with van der Waals surface area (Å²) in [5.74, 6) is -0.167. The van der Waals surface area contributed by atoms with Crippen molar-refractivity contribution in [1.82, 2.24) is 20.4 Å². The van der Waals surface area contributed by atoms with Gasteiger partial charge in [0.05, 0.1) is 5.69 Å². The van der Waals surface area contributed by atoms with Crippen LogP contribution in [0.2, 0.25) is 0 Å². The molecule has 1 aliphatic rings. The van der Waals surface area contributed by atoms with Crippen molar-refractivity contribution < 1.29 is 14.3 Å². The number of fused-ring (bicyclic) bond motifs is 1. The van der Waals surface area contributed by atoms with Crippen LogP contribution < -0.4 is 10.6 Å². The minimum Gasteiger partial charge on any atom is -0.444 e. The molecule has 7 nitrogen and oxygen atoms in total. The minimum absolute atomic E-state index is 0.167. The Hall–Kier alpha value is -2.35. The third-order valence-corrected chi connectivity index (χ3v) is 5.25. The summed E-state index contributed by atoms with van der Waals surface area (Å²) in [5, 5.41) is 10.3. The number of aromatic nitrogens is 2. The second-order valence-electron chi connectivity index (χ2n) is 8.41. The Bertz CT molecular complexity index is 918. The molecular formula is C22H29BrN4O3. The largest absolute Gasteiger partial charge is 0.444 e. The predicted octanol–water partition coefficient (Wildman–Crippen LogP) is 4.16. The monoisotopic (exact) mass is 476 g/mol. The number of ether oxygens (including phenoxy) is 1. The molecule has 0 bridgehead atoms. The fourth-order valence-electron chi connectivity index (χ4n) is 3.48. The van der Waals surface area contributed by atoms with E-state index in [0.29, 0.717) is 25.2 Å². The maximum atomic E-state index is 12.8. The zero-order valence-corrected chi connectivity index (χ0v) is 19.3. The van der Waals surface area contributed by atoms with Crippen LogP contribution in [-0.2, 0) is 17.6 Å². The SMILES string of the molecule is CC(C)(C)OC(=O)NCCCNC(=O)c1nn(-c2cccc(Br)c2)c2c1CCCC2. The first kappa shape index (κ1) is 22.3. The molecule has 2 amide bonds. The molecule has 2 N–H and O–H groups in total. The number of alkyl carbamates (subject to hydrolysis) is 1. The van der Waals surface area contributed by atoms with Gasteiger partial charge >= 0.3 is 6.09 Å². The van der Waals surface area contributed by atoms with Crippen molar-refractivity contribution in [2.45, 2.75) is 58.5 Å². The molecule has 0 unspecified atom stereocenters. The molecule has 0 aliphatic heterocycles. The quantitative estimate of drug-likeness (QED) is 0.612. The molecule has 2 aromatic rings. The Kier molecular flexibility index (Phi) is 7.18. The molecule has 0 spiro atoms. The van der Waals surface area contributed by atoms with Crippen molar-refractivity contribution in [3.63, 3.8) is 0 Å². The average Bonchev–Trinajstić information content (AvgIpc) is 3.06. The van der Waals surface area contributed by atoms with Crippen molar-refractivity contribution in [1.29, 1.82) is 0 Å². The third-order valence-electron chi connectivity index (χ3n) is 4.76. The van der Waals surface area contributed by atoms with Gasteiger partial charge in [-0.3, -0.25) is 4.79 Å². The van der Waals surface area contributed by atoms with Gasteiger partial charge < -0.3 is 15.4 Å².